The summed E-state index contributed by atoms with van der Waals surface area (Å²) < 4.78 is 5.62. The van der Waals surface area contributed by atoms with Crippen molar-refractivity contribution < 1.29 is 9.84 Å². The Morgan fingerprint density at radius 2 is 2.19 bits per heavy atom. The second-order valence-corrected chi connectivity index (χ2v) is 5.65. The number of nitrogens with zero attached hydrogens (tertiary/aromatic N) is 1. The zero-order valence-corrected chi connectivity index (χ0v) is 14.2. The molecule has 1 fully saturated rings. The molecule has 0 bridgehead atoms. The minimum absolute atomic E-state index is 0. The lowest BCUT2D eigenvalue weighted by atomic mass is 9.80. The Morgan fingerprint density at radius 3 is 2.90 bits per heavy atom. The van der Waals surface area contributed by atoms with Gasteiger partial charge in [0.2, 0.25) is 0 Å². The van der Waals surface area contributed by atoms with E-state index in [1.807, 2.05) is 24.3 Å². The maximum atomic E-state index is 10.0. The summed E-state index contributed by atoms with van der Waals surface area (Å²) in [5, 5.41) is 13.2. The van der Waals surface area contributed by atoms with Crippen LogP contribution >= 0.6 is 24.0 Å². The molecule has 116 valence electrons. The molecular weight excluding hydrogens is 381 g/mol. The Bertz CT molecular complexity index is 517. The van der Waals surface area contributed by atoms with E-state index in [-0.39, 0.29) is 30.0 Å². The van der Waals surface area contributed by atoms with Crippen LogP contribution in [0.2, 0.25) is 0 Å². The number of halogens is 1. The third-order valence-corrected chi connectivity index (χ3v) is 4.11. The van der Waals surface area contributed by atoms with Crippen LogP contribution in [0.15, 0.2) is 29.3 Å². The van der Waals surface area contributed by atoms with Crippen LogP contribution in [0, 0.1) is 0 Å². The van der Waals surface area contributed by atoms with E-state index in [9.17, 15) is 5.11 Å². The molecule has 0 saturated heterocycles. The number of fused-ring (bicyclic) bond motifs is 1. The summed E-state index contributed by atoms with van der Waals surface area (Å²) in [4.78, 5) is 4.28. The highest BCUT2D eigenvalue weighted by molar-refractivity contribution is 14.0. The second kappa shape index (κ2) is 6.83. The molecule has 0 spiro atoms. The molecule has 1 saturated carbocycles. The molecule has 21 heavy (non-hydrogen) atoms. The van der Waals surface area contributed by atoms with Gasteiger partial charge in [-0.1, -0.05) is 18.2 Å². The van der Waals surface area contributed by atoms with Gasteiger partial charge in [0.15, 0.2) is 5.96 Å². The number of aliphatic imine (C=N–C) groups is 1. The summed E-state index contributed by atoms with van der Waals surface area (Å²) in [7, 11) is 0. The summed E-state index contributed by atoms with van der Waals surface area (Å²) in [6.45, 7) is 1.06. The molecule has 4 N–H and O–H groups in total. The normalized spacial score (nSPS) is 23.1. The largest absolute Gasteiger partial charge is 0.493 e. The monoisotopic (exact) mass is 403 g/mol. The van der Waals surface area contributed by atoms with Crippen molar-refractivity contribution in [3.63, 3.8) is 0 Å². The van der Waals surface area contributed by atoms with E-state index in [1.54, 1.807) is 0 Å². The average molecular weight is 403 g/mol. The molecule has 0 radical (unpaired) electrons. The molecule has 6 heteroatoms. The molecule has 1 atom stereocenters. The topological polar surface area (TPSA) is 79.9 Å². The highest BCUT2D eigenvalue weighted by atomic mass is 127. The number of guanidine groups is 1. The van der Waals surface area contributed by atoms with Crippen LogP contribution < -0.4 is 15.8 Å². The molecule has 1 aliphatic carbocycles. The van der Waals surface area contributed by atoms with Crippen LogP contribution in [0.25, 0.3) is 0 Å². The zero-order chi connectivity index (χ0) is 14.0. The second-order valence-electron chi connectivity index (χ2n) is 5.65. The van der Waals surface area contributed by atoms with E-state index in [0.717, 1.165) is 37.0 Å². The lowest BCUT2D eigenvalue weighted by Crippen LogP contribution is -2.42. The summed E-state index contributed by atoms with van der Waals surface area (Å²) in [6.07, 6.45) is 3.58. The molecule has 1 unspecified atom stereocenters. The van der Waals surface area contributed by atoms with Gasteiger partial charge in [-0.05, 0) is 25.3 Å². The number of aliphatic hydroxyl groups is 1. The van der Waals surface area contributed by atoms with Gasteiger partial charge in [-0.3, -0.25) is 4.99 Å². The van der Waals surface area contributed by atoms with E-state index in [4.69, 9.17) is 10.5 Å². The fraction of sp³-hybridized carbons (Fsp3) is 0.533. The number of ether oxygens (including phenoxy) is 1. The van der Waals surface area contributed by atoms with Crippen molar-refractivity contribution in [2.75, 3.05) is 13.2 Å². The molecule has 1 aromatic rings. The smallest absolute Gasteiger partial charge is 0.189 e. The number of hydrogen-bond donors (Lipinski definition) is 3. The first-order chi connectivity index (χ1) is 9.66. The maximum Gasteiger partial charge on any atom is 0.189 e. The first-order valence-corrected chi connectivity index (χ1v) is 7.17. The lowest BCUT2D eigenvalue weighted by molar-refractivity contribution is -0.0236. The molecule has 0 aromatic heterocycles. The molecule has 1 aliphatic heterocycles. The van der Waals surface area contributed by atoms with Crippen LogP contribution in [-0.2, 0) is 0 Å². The Balaban J connectivity index is 0.00000161. The van der Waals surface area contributed by atoms with E-state index >= 15 is 0 Å². The number of para-hydroxylation sites is 1. The van der Waals surface area contributed by atoms with Crippen LogP contribution in [0.4, 0.5) is 0 Å². The standard InChI is InChI=1S/C15H21N3O2.HI/c16-14(17-10-15(19)7-3-8-15)18-12-6-9-20-13-5-2-1-4-11(12)13;/h1-2,4-5,12,19H,3,6-10H2,(H3,16,17,18);1H. The van der Waals surface area contributed by atoms with Crippen LogP contribution in [-0.4, -0.2) is 29.8 Å². The molecule has 0 amide bonds. The molecule has 1 heterocycles. The predicted molar refractivity (Wildman–Crippen MR) is 93.1 cm³/mol. The summed E-state index contributed by atoms with van der Waals surface area (Å²) in [6, 6.07) is 8.09. The van der Waals surface area contributed by atoms with Crippen molar-refractivity contribution in [3.8, 4) is 5.75 Å². The third-order valence-electron chi connectivity index (χ3n) is 4.11. The Hall–Kier alpha value is -1.02. The zero-order valence-electron chi connectivity index (χ0n) is 11.9. The van der Waals surface area contributed by atoms with E-state index in [0.29, 0.717) is 19.1 Å². The minimum Gasteiger partial charge on any atom is -0.493 e. The summed E-state index contributed by atoms with van der Waals surface area (Å²) in [5.41, 5.74) is 6.42. The van der Waals surface area contributed by atoms with Crippen LogP contribution in [0.1, 0.15) is 37.3 Å². The Labute approximate surface area is 142 Å². The minimum atomic E-state index is -0.625. The van der Waals surface area contributed by atoms with Crippen molar-refractivity contribution in [1.82, 2.24) is 5.32 Å². The highest BCUT2D eigenvalue weighted by Gasteiger charge is 2.34. The van der Waals surface area contributed by atoms with Gasteiger partial charge in [0, 0.05) is 12.0 Å². The van der Waals surface area contributed by atoms with Crippen molar-refractivity contribution >= 4 is 29.9 Å². The maximum absolute atomic E-state index is 10.0. The molecular formula is C15H22IN3O2. The molecule has 5 nitrogen and oxygen atoms in total. The number of nitrogens with one attached hydrogen (secondary N) is 1. The molecule has 1 aromatic carbocycles. The van der Waals surface area contributed by atoms with E-state index in [1.165, 1.54) is 0 Å². The molecule has 3 rings (SSSR count). The number of benzene rings is 1. The van der Waals surface area contributed by atoms with Crippen molar-refractivity contribution in [3.05, 3.63) is 29.8 Å². The number of nitrogens with two attached hydrogens (primary N) is 1. The van der Waals surface area contributed by atoms with Gasteiger partial charge in [-0.25, -0.2) is 0 Å². The Kier molecular flexibility index (Phi) is 5.32. The fourth-order valence-electron chi connectivity index (χ4n) is 2.69. The molecule has 2 aliphatic rings. The van der Waals surface area contributed by atoms with Gasteiger partial charge in [0.05, 0.1) is 24.8 Å². The number of hydrogen-bond acceptors (Lipinski definition) is 3. The predicted octanol–water partition coefficient (Wildman–Crippen LogP) is 1.95. The van der Waals surface area contributed by atoms with Gasteiger partial charge >= 0.3 is 0 Å². The highest BCUT2D eigenvalue weighted by Crippen LogP contribution is 2.32. The van der Waals surface area contributed by atoms with Gasteiger partial charge in [-0.15, -0.1) is 24.0 Å². The summed E-state index contributed by atoms with van der Waals surface area (Å²) >= 11 is 0. The van der Waals surface area contributed by atoms with Crippen molar-refractivity contribution in [2.24, 2.45) is 10.7 Å². The first kappa shape index (κ1) is 16.4. The fourth-order valence-corrected chi connectivity index (χ4v) is 2.69. The van der Waals surface area contributed by atoms with E-state index in [2.05, 4.69) is 10.3 Å². The SMILES string of the molecule is I.NC(=NCC1(O)CCC1)NC1CCOc2ccccc21. The van der Waals surface area contributed by atoms with Gasteiger partial charge in [0.1, 0.15) is 5.75 Å². The number of rotatable bonds is 3. The van der Waals surface area contributed by atoms with Crippen molar-refractivity contribution in [1.29, 1.82) is 0 Å². The average Bonchev–Trinajstić information content (AvgIpc) is 2.43. The van der Waals surface area contributed by atoms with Gasteiger partial charge in [-0.2, -0.15) is 0 Å². The third kappa shape index (κ3) is 3.79. The lowest BCUT2D eigenvalue weighted by Gasteiger charge is -2.35. The van der Waals surface area contributed by atoms with E-state index < -0.39 is 5.60 Å². The van der Waals surface area contributed by atoms with Gasteiger partial charge in [0.25, 0.3) is 0 Å². The Morgan fingerprint density at radius 1 is 1.43 bits per heavy atom. The first-order valence-electron chi connectivity index (χ1n) is 7.17. The van der Waals surface area contributed by atoms with Crippen LogP contribution in [0.5, 0.6) is 5.75 Å². The quantitative estimate of drug-likeness (QED) is 0.410. The summed E-state index contributed by atoms with van der Waals surface area (Å²) in [5.74, 6) is 1.30. The van der Waals surface area contributed by atoms with Gasteiger partial charge < -0.3 is 20.9 Å². The van der Waals surface area contributed by atoms with Crippen LogP contribution in [0.3, 0.4) is 0 Å². The van der Waals surface area contributed by atoms with Crippen molar-refractivity contribution in [2.45, 2.75) is 37.3 Å².